The standard InChI is InChI=1S/C31H44N2O3/c1-26(2)12-14-31(25(36)33-18-32)15-13-30(7)24(19(31)17-26)20(34)16-22-28(5)10-9-23(35)27(3,4)21(28)8-11-29(22,30)6/h9-10,19,21-22,24H,8,11-17H2,1-7H3,(H,33,36)/t19-,21-,22?,24-,28-,29+,30+,31-/m0/s1. The van der Waals surface area contributed by atoms with Crippen LogP contribution in [0.3, 0.4) is 0 Å². The third-order valence-electron chi connectivity index (χ3n) is 12.9. The average molecular weight is 493 g/mol. The summed E-state index contributed by atoms with van der Waals surface area (Å²) in [5.74, 6) is 0.544. The van der Waals surface area contributed by atoms with Crippen molar-refractivity contribution in [2.75, 3.05) is 0 Å². The minimum atomic E-state index is -0.630. The zero-order valence-electron chi connectivity index (χ0n) is 23.3. The van der Waals surface area contributed by atoms with Crippen LogP contribution in [0.4, 0.5) is 0 Å². The number of nitriles is 1. The average Bonchev–Trinajstić information content (AvgIpc) is 2.78. The van der Waals surface area contributed by atoms with E-state index in [9.17, 15) is 19.6 Å². The van der Waals surface area contributed by atoms with Gasteiger partial charge in [-0.05, 0) is 90.4 Å². The molecule has 5 nitrogen and oxygen atoms in total. The highest BCUT2D eigenvalue weighted by Gasteiger charge is 2.72. The lowest BCUT2D eigenvalue weighted by Crippen LogP contribution is -2.69. The molecule has 0 spiro atoms. The maximum Gasteiger partial charge on any atom is 0.239 e. The summed E-state index contributed by atoms with van der Waals surface area (Å²) in [6.07, 6.45) is 12.5. The molecular weight excluding hydrogens is 448 g/mol. The van der Waals surface area contributed by atoms with Crippen LogP contribution in [0.1, 0.15) is 99.8 Å². The number of ketones is 2. The first-order valence-electron chi connectivity index (χ1n) is 14.1. The molecule has 196 valence electrons. The van der Waals surface area contributed by atoms with Crippen molar-refractivity contribution in [1.82, 2.24) is 5.32 Å². The molecule has 5 aliphatic rings. The van der Waals surface area contributed by atoms with Gasteiger partial charge in [-0.25, -0.2) is 0 Å². The Balaban J connectivity index is 1.62. The lowest BCUT2D eigenvalue weighted by atomic mass is 9.31. The van der Waals surface area contributed by atoms with E-state index in [-0.39, 0.29) is 57.0 Å². The molecule has 4 fully saturated rings. The predicted molar refractivity (Wildman–Crippen MR) is 138 cm³/mol. The van der Waals surface area contributed by atoms with E-state index in [2.05, 4.69) is 59.9 Å². The van der Waals surface area contributed by atoms with Crippen LogP contribution in [0.15, 0.2) is 12.2 Å². The zero-order valence-corrected chi connectivity index (χ0v) is 23.3. The first-order valence-corrected chi connectivity index (χ1v) is 14.1. The molecule has 0 bridgehead atoms. The number of nitrogens with one attached hydrogen (secondary N) is 1. The first kappa shape index (κ1) is 25.7. The number of fused-ring (bicyclic) bond motifs is 7. The zero-order chi connectivity index (χ0) is 26.5. The monoisotopic (exact) mass is 492 g/mol. The topological polar surface area (TPSA) is 87.0 Å². The molecule has 5 heteroatoms. The molecule has 0 aliphatic heterocycles. The number of hydrogen-bond acceptors (Lipinski definition) is 4. The molecule has 0 aromatic rings. The maximum atomic E-state index is 14.4. The molecule has 0 radical (unpaired) electrons. The minimum Gasteiger partial charge on any atom is -0.299 e. The van der Waals surface area contributed by atoms with Crippen molar-refractivity contribution in [3.05, 3.63) is 12.2 Å². The van der Waals surface area contributed by atoms with Crippen LogP contribution in [0, 0.1) is 67.6 Å². The number of nitrogens with zero attached hydrogens (tertiary/aromatic N) is 1. The summed E-state index contributed by atoms with van der Waals surface area (Å²) in [5.41, 5.74) is -1.46. The lowest BCUT2D eigenvalue weighted by molar-refractivity contribution is -0.221. The van der Waals surface area contributed by atoms with Crippen LogP contribution in [0.2, 0.25) is 0 Å². The molecule has 1 amide bonds. The fourth-order valence-corrected chi connectivity index (χ4v) is 10.6. The van der Waals surface area contributed by atoms with Crippen molar-refractivity contribution < 1.29 is 14.4 Å². The SMILES string of the molecule is CC1(C)CC[C@]2(C(=O)NC#N)CC[C@]3(C)[C@H](C(=O)CC4[C@@]5(C)C=CC(=O)C(C)(C)[C@@H]5CC[C@]43C)[C@@H]2C1. The van der Waals surface area contributed by atoms with E-state index in [1.807, 2.05) is 6.19 Å². The Morgan fingerprint density at radius 2 is 1.61 bits per heavy atom. The Labute approximate surface area is 216 Å². The number of carbonyl (C=O) groups is 3. The smallest absolute Gasteiger partial charge is 0.239 e. The van der Waals surface area contributed by atoms with E-state index in [4.69, 9.17) is 0 Å². The van der Waals surface area contributed by atoms with E-state index in [1.54, 1.807) is 6.08 Å². The Kier molecular flexibility index (Phi) is 5.38. The van der Waals surface area contributed by atoms with Gasteiger partial charge >= 0.3 is 0 Å². The molecule has 5 aliphatic carbocycles. The summed E-state index contributed by atoms with van der Waals surface area (Å²) in [6, 6.07) is 0. The van der Waals surface area contributed by atoms with Crippen molar-refractivity contribution in [1.29, 1.82) is 5.26 Å². The second-order valence-electron chi connectivity index (χ2n) is 15.1. The number of allylic oxidation sites excluding steroid dienone is 2. The molecular formula is C31H44N2O3. The van der Waals surface area contributed by atoms with Crippen LogP contribution in [0.25, 0.3) is 0 Å². The summed E-state index contributed by atoms with van der Waals surface area (Å²) in [7, 11) is 0. The number of carbonyl (C=O) groups excluding carboxylic acids is 3. The molecule has 5 rings (SSSR count). The van der Waals surface area contributed by atoms with Gasteiger partial charge in [-0.2, -0.15) is 5.26 Å². The quantitative estimate of drug-likeness (QED) is 0.360. The van der Waals surface area contributed by atoms with E-state index in [1.165, 1.54) is 0 Å². The van der Waals surface area contributed by atoms with Crippen molar-refractivity contribution in [3.8, 4) is 6.19 Å². The van der Waals surface area contributed by atoms with Crippen molar-refractivity contribution in [2.45, 2.75) is 99.8 Å². The summed E-state index contributed by atoms with van der Waals surface area (Å²) in [4.78, 5) is 40.7. The Hall–Kier alpha value is -1.96. The van der Waals surface area contributed by atoms with Crippen LogP contribution in [0.5, 0.6) is 0 Å². The second-order valence-corrected chi connectivity index (χ2v) is 15.1. The normalized spacial score (nSPS) is 48.5. The van der Waals surface area contributed by atoms with Gasteiger partial charge in [0.15, 0.2) is 12.0 Å². The Morgan fingerprint density at radius 3 is 2.28 bits per heavy atom. The predicted octanol–water partition coefficient (Wildman–Crippen LogP) is 5.99. The summed E-state index contributed by atoms with van der Waals surface area (Å²) >= 11 is 0. The number of amides is 1. The van der Waals surface area contributed by atoms with Gasteiger partial charge < -0.3 is 0 Å². The third-order valence-corrected chi connectivity index (χ3v) is 12.9. The minimum absolute atomic E-state index is 0.0379. The van der Waals surface area contributed by atoms with Crippen LogP contribution in [-0.2, 0) is 14.4 Å². The lowest BCUT2D eigenvalue weighted by Gasteiger charge is -2.71. The van der Waals surface area contributed by atoms with Gasteiger partial charge in [0.2, 0.25) is 5.91 Å². The summed E-state index contributed by atoms with van der Waals surface area (Å²) < 4.78 is 0. The summed E-state index contributed by atoms with van der Waals surface area (Å²) in [5, 5.41) is 11.8. The van der Waals surface area contributed by atoms with Crippen molar-refractivity contribution >= 4 is 17.5 Å². The molecule has 0 aromatic carbocycles. The van der Waals surface area contributed by atoms with E-state index in [0.29, 0.717) is 12.2 Å². The van der Waals surface area contributed by atoms with Crippen molar-refractivity contribution in [3.63, 3.8) is 0 Å². The van der Waals surface area contributed by atoms with E-state index >= 15 is 0 Å². The third kappa shape index (κ3) is 3.02. The molecule has 36 heavy (non-hydrogen) atoms. The van der Waals surface area contributed by atoms with Gasteiger partial charge in [0.05, 0.1) is 5.41 Å². The number of rotatable bonds is 1. The van der Waals surface area contributed by atoms with Gasteiger partial charge in [-0.3, -0.25) is 19.7 Å². The van der Waals surface area contributed by atoms with Gasteiger partial charge in [0.1, 0.15) is 5.78 Å². The molecule has 1 unspecified atom stereocenters. The highest BCUT2D eigenvalue weighted by atomic mass is 16.2. The first-order chi connectivity index (χ1) is 16.6. The molecule has 8 atom stereocenters. The molecule has 0 heterocycles. The number of Topliss-reactive ketones (excluding diaryl/α,β-unsaturated/α-hetero) is 1. The Bertz CT molecular complexity index is 1100. The maximum absolute atomic E-state index is 14.4. The Morgan fingerprint density at radius 1 is 0.944 bits per heavy atom. The molecule has 1 N–H and O–H groups in total. The second kappa shape index (κ2) is 7.55. The van der Waals surface area contributed by atoms with Crippen LogP contribution < -0.4 is 5.32 Å². The fourth-order valence-electron chi connectivity index (χ4n) is 10.6. The highest BCUT2D eigenvalue weighted by Crippen LogP contribution is 2.75. The highest BCUT2D eigenvalue weighted by molar-refractivity contribution is 5.96. The van der Waals surface area contributed by atoms with E-state index in [0.717, 1.165) is 44.9 Å². The largest absolute Gasteiger partial charge is 0.299 e. The number of hydrogen-bond donors (Lipinski definition) is 1. The molecule has 0 saturated heterocycles. The van der Waals surface area contributed by atoms with E-state index < -0.39 is 10.8 Å². The molecule has 4 saturated carbocycles. The van der Waals surface area contributed by atoms with Gasteiger partial charge in [0, 0.05) is 17.8 Å². The van der Waals surface area contributed by atoms with Gasteiger partial charge in [-0.1, -0.05) is 54.5 Å². The van der Waals surface area contributed by atoms with Crippen LogP contribution >= 0.6 is 0 Å². The van der Waals surface area contributed by atoms with Crippen LogP contribution in [-0.4, -0.2) is 17.5 Å². The van der Waals surface area contributed by atoms with Gasteiger partial charge in [0.25, 0.3) is 0 Å². The van der Waals surface area contributed by atoms with Crippen molar-refractivity contribution in [2.24, 2.45) is 56.2 Å². The van der Waals surface area contributed by atoms with Gasteiger partial charge in [-0.15, -0.1) is 0 Å². The summed E-state index contributed by atoms with van der Waals surface area (Å²) in [6.45, 7) is 15.8. The fraction of sp³-hybridized carbons (Fsp3) is 0.806. The molecule has 0 aromatic heterocycles.